The van der Waals surface area contributed by atoms with E-state index in [-0.39, 0.29) is 17.1 Å². The zero-order valence-electron chi connectivity index (χ0n) is 18.3. The number of fused-ring (bicyclic) bond motifs is 2. The number of rotatable bonds is 6. The van der Waals surface area contributed by atoms with Crippen molar-refractivity contribution in [2.75, 3.05) is 37.5 Å². The van der Waals surface area contributed by atoms with E-state index in [1.54, 1.807) is 25.3 Å². The first kappa shape index (κ1) is 21.1. The molecule has 0 saturated carbocycles. The fourth-order valence-corrected chi connectivity index (χ4v) is 4.53. The lowest BCUT2D eigenvalue weighted by atomic mass is 10.1. The number of carbonyl (C=O) groups excluding carboxylic acids is 1. The number of nitrogens with one attached hydrogen (secondary N) is 2. The van der Waals surface area contributed by atoms with Gasteiger partial charge in [-0.3, -0.25) is 4.79 Å². The highest BCUT2D eigenvalue weighted by molar-refractivity contribution is 6.05. The van der Waals surface area contributed by atoms with E-state index in [0.717, 1.165) is 25.2 Å². The first-order chi connectivity index (χ1) is 16.1. The quantitative estimate of drug-likeness (QED) is 0.598. The number of benzene rings is 2. The smallest absolute Gasteiger partial charge is 0.274 e. The number of piperazine rings is 1. The zero-order chi connectivity index (χ0) is 22.9. The maximum atomic E-state index is 14.5. The summed E-state index contributed by atoms with van der Waals surface area (Å²) in [5.41, 5.74) is 1.79. The van der Waals surface area contributed by atoms with Crippen LogP contribution in [0.2, 0.25) is 0 Å². The van der Waals surface area contributed by atoms with Gasteiger partial charge in [0, 0.05) is 37.4 Å². The Balaban J connectivity index is 1.46. The van der Waals surface area contributed by atoms with Gasteiger partial charge in [0.05, 0.1) is 31.2 Å². The second kappa shape index (κ2) is 8.67. The van der Waals surface area contributed by atoms with Crippen LogP contribution in [-0.2, 0) is 0 Å². The van der Waals surface area contributed by atoms with Crippen molar-refractivity contribution in [3.05, 3.63) is 60.2 Å². The summed E-state index contributed by atoms with van der Waals surface area (Å²) in [7, 11) is 3.03. The Morgan fingerprint density at radius 3 is 2.82 bits per heavy atom. The molecule has 3 aromatic rings. The maximum Gasteiger partial charge on any atom is 0.274 e. The van der Waals surface area contributed by atoms with Gasteiger partial charge >= 0.3 is 0 Å². The van der Waals surface area contributed by atoms with Crippen LogP contribution < -0.4 is 25.0 Å². The molecular formula is C24H24FN5O3. The second-order valence-electron chi connectivity index (χ2n) is 8.07. The van der Waals surface area contributed by atoms with Gasteiger partial charge in [-0.1, -0.05) is 6.07 Å². The van der Waals surface area contributed by atoms with Crippen LogP contribution in [0, 0.1) is 5.82 Å². The molecule has 8 nitrogen and oxygen atoms in total. The molecule has 9 heteroatoms. The third-order valence-electron chi connectivity index (χ3n) is 6.13. The lowest BCUT2D eigenvalue weighted by Crippen LogP contribution is -2.43. The Labute approximate surface area is 190 Å². The summed E-state index contributed by atoms with van der Waals surface area (Å²) in [6, 6.07) is 12.5. The molecule has 2 aliphatic heterocycles. The molecule has 0 radical (unpaired) electrons. The number of amides is 1. The van der Waals surface area contributed by atoms with Crippen LogP contribution in [0.15, 0.2) is 48.7 Å². The van der Waals surface area contributed by atoms with E-state index in [4.69, 9.17) is 9.47 Å². The van der Waals surface area contributed by atoms with Gasteiger partial charge in [0.25, 0.3) is 5.91 Å². The summed E-state index contributed by atoms with van der Waals surface area (Å²) in [6.07, 6.45) is 2.51. The highest BCUT2D eigenvalue weighted by Gasteiger charge is 2.38. The third-order valence-corrected chi connectivity index (χ3v) is 6.13. The summed E-state index contributed by atoms with van der Waals surface area (Å²) >= 11 is 0. The topological polar surface area (TPSA) is 88.6 Å². The summed E-state index contributed by atoms with van der Waals surface area (Å²) in [4.78, 5) is 24.0. The SMILES string of the molecule is COc1ccc(N2CC3CC2CN3)c(NC(=O)c2ccnc(-c3c(F)cccc3OC)n2)c1. The summed E-state index contributed by atoms with van der Waals surface area (Å²) in [5.74, 6) is 0.0494. The standard InChI is InChI=1S/C24H24FN5O3/c1-32-16-6-7-20(30-13-14-10-15(30)12-27-14)19(11-16)29-24(31)18-8-9-26-23(28-18)22-17(25)4-3-5-21(22)33-2/h3-9,11,14-15,27H,10,12-13H2,1-2H3,(H,29,31). The molecule has 1 aromatic heterocycles. The van der Waals surface area contributed by atoms with E-state index in [1.807, 2.05) is 12.1 Å². The Hall–Kier alpha value is -3.72. The molecule has 3 heterocycles. The van der Waals surface area contributed by atoms with Crippen LogP contribution in [0.5, 0.6) is 11.5 Å². The number of hydrogen-bond donors (Lipinski definition) is 2. The number of nitrogens with zero attached hydrogens (tertiary/aromatic N) is 3. The van der Waals surface area contributed by atoms with Gasteiger partial charge in [0.1, 0.15) is 23.0 Å². The molecular weight excluding hydrogens is 425 g/mol. The fourth-order valence-electron chi connectivity index (χ4n) is 4.53. The molecule has 2 aromatic carbocycles. The molecule has 1 amide bonds. The normalized spacial score (nSPS) is 18.9. The average Bonchev–Trinajstić information content (AvgIpc) is 3.47. The van der Waals surface area contributed by atoms with Crippen molar-refractivity contribution in [1.82, 2.24) is 15.3 Å². The van der Waals surface area contributed by atoms with E-state index in [1.165, 1.54) is 25.4 Å². The van der Waals surface area contributed by atoms with Gasteiger partial charge < -0.3 is 25.0 Å². The zero-order valence-corrected chi connectivity index (χ0v) is 18.3. The molecule has 2 N–H and O–H groups in total. The molecule has 2 unspecified atom stereocenters. The van der Waals surface area contributed by atoms with Crippen molar-refractivity contribution in [3.63, 3.8) is 0 Å². The molecule has 5 rings (SSSR count). The molecule has 2 bridgehead atoms. The number of ether oxygens (including phenoxy) is 2. The van der Waals surface area contributed by atoms with Crippen LogP contribution in [0.3, 0.4) is 0 Å². The minimum absolute atomic E-state index is 0.0754. The number of halogens is 1. The molecule has 170 valence electrons. The highest BCUT2D eigenvalue weighted by Crippen LogP contribution is 2.37. The van der Waals surface area contributed by atoms with Crippen LogP contribution >= 0.6 is 0 Å². The first-order valence-electron chi connectivity index (χ1n) is 10.7. The van der Waals surface area contributed by atoms with Gasteiger partial charge in [-0.15, -0.1) is 0 Å². The fraction of sp³-hybridized carbons (Fsp3) is 0.292. The molecule has 33 heavy (non-hydrogen) atoms. The van der Waals surface area contributed by atoms with E-state index in [9.17, 15) is 9.18 Å². The van der Waals surface area contributed by atoms with Crippen molar-refractivity contribution in [3.8, 4) is 22.9 Å². The second-order valence-corrected chi connectivity index (χ2v) is 8.07. The molecule has 2 fully saturated rings. The van der Waals surface area contributed by atoms with E-state index in [2.05, 4.69) is 25.5 Å². The van der Waals surface area contributed by atoms with Gasteiger partial charge in [-0.2, -0.15) is 0 Å². The Morgan fingerprint density at radius 2 is 2.09 bits per heavy atom. The number of carbonyl (C=O) groups is 1. The van der Waals surface area contributed by atoms with Crippen LogP contribution in [-0.4, -0.2) is 55.3 Å². The molecule has 2 aliphatic rings. The van der Waals surface area contributed by atoms with Crippen molar-refractivity contribution in [2.45, 2.75) is 18.5 Å². The summed E-state index contributed by atoms with van der Waals surface area (Å²) in [5, 5.41) is 6.45. The average molecular weight is 449 g/mol. The first-order valence-corrected chi connectivity index (χ1v) is 10.7. The molecule has 0 aliphatic carbocycles. The predicted molar refractivity (Wildman–Crippen MR) is 122 cm³/mol. The van der Waals surface area contributed by atoms with Gasteiger partial charge in [0.15, 0.2) is 5.82 Å². The van der Waals surface area contributed by atoms with E-state index in [0.29, 0.717) is 29.3 Å². The Morgan fingerprint density at radius 1 is 1.21 bits per heavy atom. The number of methoxy groups -OCH3 is 2. The maximum absolute atomic E-state index is 14.5. The van der Waals surface area contributed by atoms with Crippen LogP contribution in [0.25, 0.3) is 11.4 Å². The summed E-state index contributed by atoms with van der Waals surface area (Å²) in [6.45, 7) is 1.80. The minimum atomic E-state index is -0.528. The lowest BCUT2D eigenvalue weighted by Gasteiger charge is -2.31. The van der Waals surface area contributed by atoms with Gasteiger partial charge in [0.2, 0.25) is 0 Å². The van der Waals surface area contributed by atoms with Crippen molar-refractivity contribution in [1.29, 1.82) is 0 Å². The van der Waals surface area contributed by atoms with Gasteiger partial charge in [-0.05, 0) is 36.8 Å². The summed E-state index contributed by atoms with van der Waals surface area (Å²) < 4.78 is 25.1. The molecule has 2 saturated heterocycles. The lowest BCUT2D eigenvalue weighted by molar-refractivity contribution is 0.102. The monoisotopic (exact) mass is 449 g/mol. The Bertz CT molecular complexity index is 1200. The largest absolute Gasteiger partial charge is 0.497 e. The van der Waals surface area contributed by atoms with E-state index < -0.39 is 11.7 Å². The van der Waals surface area contributed by atoms with Crippen LogP contribution in [0.1, 0.15) is 16.9 Å². The van der Waals surface area contributed by atoms with Crippen LogP contribution in [0.4, 0.5) is 15.8 Å². The van der Waals surface area contributed by atoms with Crippen molar-refractivity contribution in [2.24, 2.45) is 0 Å². The molecule has 2 atom stereocenters. The number of anilines is 2. The van der Waals surface area contributed by atoms with Crippen molar-refractivity contribution >= 4 is 17.3 Å². The predicted octanol–water partition coefficient (Wildman–Crippen LogP) is 3.10. The highest BCUT2D eigenvalue weighted by atomic mass is 19.1. The number of hydrogen-bond acceptors (Lipinski definition) is 7. The number of aromatic nitrogens is 2. The van der Waals surface area contributed by atoms with Gasteiger partial charge in [-0.25, -0.2) is 14.4 Å². The van der Waals surface area contributed by atoms with Crippen molar-refractivity contribution < 1.29 is 18.7 Å². The third kappa shape index (κ3) is 3.95. The Kier molecular flexibility index (Phi) is 5.55. The van der Waals surface area contributed by atoms with E-state index >= 15 is 0 Å². The molecule has 0 spiro atoms. The minimum Gasteiger partial charge on any atom is -0.497 e.